The number of benzene rings is 1. The van der Waals surface area contributed by atoms with Crippen LogP contribution in [-0.2, 0) is 0 Å². The molecule has 1 rings (SSSR count). The van der Waals surface area contributed by atoms with Crippen molar-refractivity contribution >= 4 is 11.8 Å². The van der Waals surface area contributed by atoms with Crippen molar-refractivity contribution in [3.63, 3.8) is 0 Å². The van der Waals surface area contributed by atoms with E-state index in [1.807, 2.05) is 0 Å². The third kappa shape index (κ3) is 2.83. The van der Waals surface area contributed by atoms with Crippen molar-refractivity contribution in [2.24, 2.45) is 0 Å². The molecule has 0 amide bonds. The molecule has 1 N–H and O–H groups in total. The maximum absolute atomic E-state index is 10.8. The Morgan fingerprint density at radius 2 is 1.93 bits per heavy atom. The number of hydrogen-bond donors (Lipinski definition) is 1. The first-order chi connectivity index (χ1) is 6.02. The van der Waals surface area contributed by atoms with Gasteiger partial charge in [-0.1, -0.05) is 0 Å². The number of carboxylic acid groups (broad SMARTS) is 1. The van der Waals surface area contributed by atoms with Crippen LogP contribution < -0.4 is 34.7 Å². The van der Waals surface area contributed by atoms with Crippen molar-refractivity contribution in [1.82, 2.24) is 0 Å². The SMILES string of the molecule is CC(=O)c1ccc(O)c(C(=O)[O-])c1.[Na+]. The third-order valence-corrected chi connectivity index (χ3v) is 1.62. The summed E-state index contributed by atoms with van der Waals surface area (Å²) in [5.41, 5.74) is -0.135. The van der Waals surface area contributed by atoms with E-state index in [2.05, 4.69) is 0 Å². The maximum Gasteiger partial charge on any atom is 1.00 e. The molecule has 4 nitrogen and oxygen atoms in total. The molecule has 0 aromatic heterocycles. The molecule has 0 saturated carbocycles. The molecular formula is C9H7NaO4. The van der Waals surface area contributed by atoms with E-state index in [4.69, 9.17) is 5.11 Å². The molecule has 5 heteroatoms. The van der Waals surface area contributed by atoms with Gasteiger partial charge in [0.15, 0.2) is 5.78 Å². The summed E-state index contributed by atoms with van der Waals surface area (Å²) in [5, 5.41) is 19.5. The zero-order valence-corrected chi connectivity index (χ0v) is 9.90. The number of aromatic carboxylic acids is 1. The Kier molecular flexibility index (Phi) is 4.83. The second kappa shape index (κ2) is 5.14. The van der Waals surface area contributed by atoms with E-state index in [1.165, 1.54) is 13.0 Å². The van der Waals surface area contributed by atoms with Gasteiger partial charge in [0.05, 0.1) is 5.97 Å². The van der Waals surface area contributed by atoms with Gasteiger partial charge in [-0.2, -0.15) is 0 Å². The van der Waals surface area contributed by atoms with Crippen LogP contribution in [0, 0.1) is 0 Å². The fourth-order valence-electron chi connectivity index (χ4n) is 0.919. The van der Waals surface area contributed by atoms with E-state index >= 15 is 0 Å². The van der Waals surface area contributed by atoms with Crippen molar-refractivity contribution in [3.05, 3.63) is 29.3 Å². The van der Waals surface area contributed by atoms with Crippen LogP contribution in [0.25, 0.3) is 0 Å². The third-order valence-electron chi connectivity index (χ3n) is 1.62. The molecule has 1 aromatic rings. The van der Waals surface area contributed by atoms with Gasteiger partial charge >= 0.3 is 29.6 Å². The predicted molar refractivity (Wildman–Crippen MR) is 42.4 cm³/mol. The normalized spacial score (nSPS) is 8.93. The number of rotatable bonds is 2. The Morgan fingerprint density at radius 1 is 1.36 bits per heavy atom. The van der Waals surface area contributed by atoms with Crippen molar-refractivity contribution in [2.45, 2.75) is 6.92 Å². The summed E-state index contributed by atoms with van der Waals surface area (Å²) in [5.74, 6) is -2.16. The number of ketones is 1. The Bertz CT molecular complexity index is 373. The van der Waals surface area contributed by atoms with Gasteiger partial charge < -0.3 is 15.0 Å². The van der Waals surface area contributed by atoms with Gasteiger partial charge in [0.25, 0.3) is 0 Å². The van der Waals surface area contributed by atoms with Gasteiger partial charge in [-0.05, 0) is 25.1 Å². The van der Waals surface area contributed by atoms with Crippen molar-refractivity contribution < 1.29 is 49.4 Å². The van der Waals surface area contributed by atoms with Gasteiger partial charge in [0.2, 0.25) is 0 Å². The van der Waals surface area contributed by atoms with Gasteiger partial charge in [-0.25, -0.2) is 0 Å². The van der Waals surface area contributed by atoms with E-state index in [1.54, 1.807) is 0 Å². The quantitative estimate of drug-likeness (QED) is 0.408. The van der Waals surface area contributed by atoms with Crippen LogP contribution in [0.2, 0.25) is 0 Å². The summed E-state index contributed by atoms with van der Waals surface area (Å²) >= 11 is 0. The summed E-state index contributed by atoms with van der Waals surface area (Å²) in [6.07, 6.45) is 0. The number of carboxylic acids is 1. The Hall–Kier alpha value is -0.840. The fourth-order valence-corrected chi connectivity index (χ4v) is 0.919. The number of carbonyl (C=O) groups is 2. The van der Waals surface area contributed by atoms with E-state index in [0.29, 0.717) is 0 Å². The first-order valence-corrected chi connectivity index (χ1v) is 3.57. The molecule has 0 aliphatic rings. The largest absolute Gasteiger partial charge is 1.00 e. The molecule has 0 bridgehead atoms. The molecule has 0 atom stereocenters. The van der Waals surface area contributed by atoms with Crippen LogP contribution in [0.4, 0.5) is 0 Å². The topological polar surface area (TPSA) is 77.4 Å². The molecule has 0 aliphatic heterocycles. The molecule has 14 heavy (non-hydrogen) atoms. The van der Waals surface area contributed by atoms with Crippen LogP contribution in [-0.4, -0.2) is 16.9 Å². The molecule has 1 aromatic carbocycles. The number of carbonyl (C=O) groups excluding carboxylic acids is 2. The minimum atomic E-state index is -1.50. The van der Waals surface area contributed by atoms with Gasteiger partial charge in [-0.3, -0.25) is 4.79 Å². The average molecular weight is 202 g/mol. The standard InChI is InChI=1S/C9H8O4.Na/c1-5(10)6-2-3-8(11)7(4-6)9(12)13;/h2-4,11H,1H3,(H,12,13);/q;+1/p-1. The van der Waals surface area contributed by atoms with E-state index in [-0.39, 0.29) is 46.5 Å². The molecule has 0 fully saturated rings. The molecule has 0 spiro atoms. The summed E-state index contributed by atoms with van der Waals surface area (Å²) < 4.78 is 0. The number of Topliss-reactive ketones (excluding diaryl/α,β-unsaturated/α-hetero) is 1. The summed E-state index contributed by atoms with van der Waals surface area (Å²) in [7, 11) is 0. The smallest absolute Gasteiger partial charge is 0.545 e. The average Bonchev–Trinajstić information content (AvgIpc) is 2.04. The van der Waals surface area contributed by atoms with E-state index in [9.17, 15) is 14.7 Å². The number of phenols is 1. The summed E-state index contributed by atoms with van der Waals surface area (Å²) in [4.78, 5) is 21.3. The van der Waals surface area contributed by atoms with Crippen LogP contribution >= 0.6 is 0 Å². The molecular weight excluding hydrogens is 195 g/mol. The second-order valence-corrected chi connectivity index (χ2v) is 2.58. The summed E-state index contributed by atoms with van der Waals surface area (Å²) in [6, 6.07) is 3.60. The second-order valence-electron chi connectivity index (χ2n) is 2.58. The number of aromatic hydroxyl groups is 1. The van der Waals surface area contributed by atoms with Crippen molar-refractivity contribution in [1.29, 1.82) is 0 Å². The van der Waals surface area contributed by atoms with Crippen LogP contribution in [0.1, 0.15) is 27.6 Å². The van der Waals surface area contributed by atoms with Gasteiger partial charge in [0.1, 0.15) is 5.75 Å². The zero-order valence-electron chi connectivity index (χ0n) is 7.90. The van der Waals surface area contributed by atoms with E-state index in [0.717, 1.165) is 12.1 Å². The van der Waals surface area contributed by atoms with E-state index < -0.39 is 11.7 Å². The number of hydrogen-bond acceptors (Lipinski definition) is 4. The summed E-state index contributed by atoms with van der Waals surface area (Å²) in [6.45, 7) is 1.31. The molecule has 0 aliphatic carbocycles. The molecule has 0 heterocycles. The van der Waals surface area contributed by atoms with Crippen LogP contribution in [0.3, 0.4) is 0 Å². The monoisotopic (exact) mass is 202 g/mol. The Morgan fingerprint density at radius 3 is 2.36 bits per heavy atom. The Labute approximate surface area is 103 Å². The Balaban J connectivity index is 0.00000169. The first kappa shape index (κ1) is 13.2. The zero-order chi connectivity index (χ0) is 10.0. The van der Waals surface area contributed by atoms with Gasteiger partial charge in [0, 0.05) is 11.1 Å². The first-order valence-electron chi connectivity index (χ1n) is 3.57. The maximum atomic E-state index is 10.8. The van der Waals surface area contributed by atoms with Crippen LogP contribution in [0.5, 0.6) is 5.75 Å². The minimum Gasteiger partial charge on any atom is -0.545 e. The van der Waals surface area contributed by atoms with Crippen LogP contribution in [0.15, 0.2) is 18.2 Å². The predicted octanol–water partition coefficient (Wildman–Crippen LogP) is -3.04. The molecule has 68 valence electrons. The molecule has 0 saturated heterocycles. The van der Waals surface area contributed by atoms with Gasteiger partial charge in [-0.15, -0.1) is 0 Å². The van der Waals surface area contributed by atoms with Crippen molar-refractivity contribution in [2.75, 3.05) is 0 Å². The van der Waals surface area contributed by atoms with Crippen molar-refractivity contribution in [3.8, 4) is 5.75 Å². The molecule has 0 unspecified atom stereocenters. The minimum absolute atomic E-state index is 0. The fraction of sp³-hybridized carbons (Fsp3) is 0.111. The molecule has 0 radical (unpaired) electrons.